The van der Waals surface area contributed by atoms with E-state index in [0.717, 1.165) is 11.1 Å². The molecule has 19 heavy (non-hydrogen) atoms. The molecule has 0 aliphatic carbocycles. The molecule has 0 spiro atoms. The zero-order valence-corrected chi connectivity index (χ0v) is 10.7. The molecule has 5 heteroatoms. The van der Waals surface area contributed by atoms with Gasteiger partial charge in [-0.15, -0.1) is 0 Å². The number of hydrazine groups is 1. The molecule has 5 nitrogen and oxygen atoms in total. The van der Waals surface area contributed by atoms with E-state index in [1.165, 1.54) is 0 Å². The number of benzene rings is 1. The summed E-state index contributed by atoms with van der Waals surface area (Å²) >= 11 is 0. The van der Waals surface area contributed by atoms with Crippen molar-refractivity contribution in [3.63, 3.8) is 0 Å². The molecule has 0 radical (unpaired) electrons. The number of anilines is 1. The first-order valence-corrected chi connectivity index (χ1v) is 5.96. The van der Waals surface area contributed by atoms with Crippen LogP contribution in [0.2, 0.25) is 0 Å². The van der Waals surface area contributed by atoms with Gasteiger partial charge < -0.3 is 10.7 Å². The summed E-state index contributed by atoms with van der Waals surface area (Å²) in [6, 6.07) is 11.3. The monoisotopic (exact) mass is 256 g/mol. The zero-order valence-electron chi connectivity index (χ0n) is 10.7. The number of nitrogens with one attached hydrogen (secondary N) is 2. The molecule has 1 amide bonds. The van der Waals surface area contributed by atoms with Crippen LogP contribution in [-0.4, -0.2) is 10.9 Å². The predicted octanol–water partition coefficient (Wildman–Crippen LogP) is 1.61. The molecule has 2 rings (SSSR count). The lowest BCUT2D eigenvalue weighted by molar-refractivity contribution is 0.0951. The van der Waals surface area contributed by atoms with Gasteiger partial charge in [-0.1, -0.05) is 24.3 Å². The highest BCUT2D eigenvalue weighted by atomic mass is 16.1. The Labute approximate surface area is 111 Å². The van der Waals surface area contributed by atoms with Crippen molar-refractivity contribution in [3.05, 3.63) is 59.3 Å². The standard InChI is InChI=1S/C14H16N4O/c1-10-5-2-3-6-11(10)9-17-14(19)12-7-4-8-16-13(12)18-15/h2-8H,9,15H2,1H3,(H,16,18)(H,17,19). The van der Waals surface area contributed by atoms with Gasteiger partial charge in [-0.25, -0.2) is 10.8 Å². The molecule has 98 valence electrons. The van der Waals surface area contributed by atoms with Crippen LogP contribution in [0.3, 0.4) is 0 Å². The summed E-state index contributed by atoms with van der Waals surface area (Å²) in [7, 11) is 0. The van der Waals surface area contributed by atoms with Gasteiger partial charge in [0.25, 0.3) is 5.91 Å². The van der Waals surface area contributed by atoms with Crippen molar-refractivity contribution in [1.29, 1.82) is 0 Å². The van der Waals surface area contributed by atoms with Crippen LogP contribution in [0.5, 0.6) is 0 Å². The normalized spacial score (nSPS) is 10.0. The number of aryl methyl sites for hydroxylation is 1. The lowest BCUT2D eigenvalue weighted by Crippen LogP contribution is -2.25. The minimum Gasteiger partial charge on any atom is -0.348 e. The number of nitrogen functional groups attached to an aromatic ring is 1. The number of hydrogen-bond acceptors (Lipinski definition) is 4. The van der Waals surface area contributed by atoms with E-state index in [2.05, 4.69) is 15.7 Å². The van der Waals surface area contributed by atoms with E-state index >= 15 is 0 Å². The first-order valence-electron chi connectivity index (χ1n) is 5.96. The fourth-order valence-electron chi connectivity index (χ4n) is 1.78. The van der Waals surface area contributed by atoms with Crippen molar-refractivity contribution in [2.24, 2.45) is 5.84 Å². The summed E-state index contributed by atoms with van der Waals surface area (Å²) in [5.41, 5.74) is 5.07. The van der Waals surface area contributed by atoms with Crippen molar-refractivity contribution in [2.45, 2.75) is 13.5 Å². The van der Waals surface area contributed by atoms with Gasteiger partial charge in [0.15, 0.2) is 5.82 Å². The maximum Gasteiger partial charge on any atom is 0.255 e. The molecule has 0 unspecified atom stereocenters. The maximum absolute atomic E-state index is 12.1. The van der Waals surface area contributed by atoms with E-state index in [0.29, 0.717) is 17.9 Å². The van der Waals surface area contributed by atoms with Crippen LogP contribution in [0.1, 0.15) is 21.5 Å². The van der Waals surface area contributed by atoms with E-state index in [1.807, 2.05) is 31.2 Å². The summed E-state index contributed by atoms with van der Waals surface area (Å²) < 4.78 is 0. The van der Waals surface area contributed by atoms with Gasteiger partial charge >= 0.3 is 0 Å². The van der Waals surface area contributed by atoms with E-state index in [4.69, 9.17) is 5.84 Å². The molecule has 0 atom stereocenters. The molecule has 0 bridgehead atoms. The minimum absolute atomic E-state index is 0.204. The Bertz CT molecular complexity index is 583. The van der Waals surface area contributed by atoms with Gasteiger partial charge in [-0.3, -0.25) is 4.79 Å². The summed E-state index contributed by atoms with van der Waals surface area (Å²) in [6.45, 7) is 2.49. The van der Waals surface area contributed by atoms with Crippen molar-refractivity contribution in [1.82, 2.24) is 10.3 Å². The molecule has 1 heterocycles. The molecule has 1 aromatic carbocycles. The van der Waals surface area contributed by atoms with Gasteiger partial charge in [0.1, 0.15) is 0 Å². The first kappa shape index (κ1) is 13.0. The van der Waals surface area contributed by atoms with Gasteiger partial charge in [0, 0.05) is 12.7 Å². The van der Waals surface area contributed by atoms with Crippen molar-refractivity contribution >= 4 is 11.7 Å². The minimum atomic E-state index is -0.204. The SMILES string of the molecule is Cc1ccccc1CNC(=O)c1cccnc1NN. The molecule has 0 aliphatic heterocycles. The van der Waals surface area contributed by atoms with Crippen LogP contribution in [0.4, 0.5) is 5.82 Å². The third kappa shape index (κ3) is 3.08. The zero-order chi connectivity index (χ0) is 13.7. The Morgan fingerprint density at radius 1 is 1.26 bits per heavy atom. The van der Waals surface area contributed by atoms with Crippen LogP contribution >= 0.6 is 0 Å². The summed E-state index contributed by atoms with van der Waals surface area (Å²) in [6.07, 6.45) is 1.58. The lowest BCUT2D eigenvalue weighted by atomic mass is 10.1. The molecule has 0 fully saturated rings. The number of carbonyl (C=O) groups excluding carboxylic acids is 1. The van der Waals surface area contributed by atoms with Gasteiger partial charge in [0.2, 0.25) is 0 Å². The number of hydrogen-bond donors (Lipinski definition) is 3. The number of nitrogens with two attached hydrogens (primary N) is 1. The summed E-state index contributed by atoms with van der Waals surface area (Å²) in [4.78, 5) is 16.1. The van der Waals surface area contributed by atoms with E-state index in [1.54, 1.807) is 18.3 Å². The van der Waals surface area contributed by atoms with Crippen molar-refractivity contribution in [2.75, 3.05) is 5.43 Å². The van der Waals surface area contributed by atoms with Gasteiger partial charge in [-0.2, -0.15) is 0 Å². The number of rotatable bonds is 4. The molecule has 0 saturated carbocycles. The highest BCUT2D eigenvalue weighted by Crippen LogP contribution is 2.11. The number of carbonyl (C=O) groups is 1. The average Bonchev–Trinajstić information content (AvgIpc) is 2.46. The largest absolute Gasteiger partial charge is 0.348 e. The number of aromatic nitrogens is 1. The third-order valence-corrected chi connectivity index (χ3v) is 2.89. The molecule has 0 saturated heterocycles. The molecular formula is C14H16N4O. The second-order valence-electron chi connectivity index (χ2n) is 4.15. The third-order valence-electron chi connectivity index (χ3n) is 2.89. The molecular weight excluding hydrogens is 240 g/mol. The lowest BCUT2D eigenvalue weighted by Gasteiger charge is -2.10. The maximum atomic E-state index is 12.1. The smallest absolute Gasteiger partial charge is 0.255 e. The molecule has 0 aliphatic rings. The highest BCUT2D eigenvalue weighted by molar-refractivity contribution is 5.98. The van der Waals surface area contributed by atoms with E-state index < -0.39 is 0 Å². The van der Waals surface area contributed by atoms with Gasteiger partial charge in [-0.05, 0) is 30.2 Å². The van der Waals surface area contributed by atoms with Crippen LogP contribution in [0.25, 0.3) is 0 Å². The summed E-state index contributed by atoms with van der Waals surface area (Å²) in [5.74, 6) is 5.49. The molecule has 4 N–H and O–H groups in total. The molecule has 2 aromatic rings. The van der Waals surface area contributed by atoms with Crippen LogP contribution in [-0.2, 0) is 6.54 Å². The second kappa shape index (κ2) is 5.97. The summed E-state index contributed by atoms with van der Waals surface area (Å²) in [5, 5.41) is 2.86. The van der Waals surface area contributed by atoms with Gasteiger partial charge in [0.05, 0.1) is 5.56 Å². The van der Waals surface area contributed by atoms with Crippen LogP contribution in [0, 0.1) is 6.92 Å². The second-order valence-corrected chi connectivity index (χ2v) is 4.15. The average molecular weight is 256 g/mol. The van der Waals surface area contributed by atoms with Crippen molar-refractivity contribution in [3.8, 4) is 0 Å². The Morgan fingerprint density at radius 2 is 2.05 bits per heavy atom. The van der Waals surface area contributed by atoms with Crippen LogP contribution < -0.4 is 16.6 Å². The van der Waals surface area contributed by atoms with Crippen molar-refractivity contribution < 1.29 is 4.79 Å². The van der Waals surface area contributed by atoms with E-state index in [-0.39, 0.29) is 5.91 Å². The quantitative estimate of drug-likeness (QED) is 0.573. The number of amides is 1. The Kier molecular flexibility index (Phi) is 4.10. The first-order chi connectivity index (χ1) is 9.22. The topological polar surface area (TPSA) is 80.0 Å². The van der Waals surface area contributed by atoms with E-state index in [9.17, 15) is 4.79 Å². The molecule has 1 aromatic heterocycles. The Morgan fingerprint density at radius 3 is 2.79 bits per heavy atom. The Hall–Kier alpha value is -2.40. The highest BCUT2D eigenvalue weighted by Gasteiger charge is 2.11. The number of pyridine rings is 1. The predicted molar refractivity (Wildman–Crippen MR) is 74.4 cm³/mol. The fraction of sp³-hybridized carbons (Fsp3) is 0.143. The Balaban J connectivity index is 2.08. The van der Waals surface area contributed by atoms with Crippen LogP contribution in [0.15, 0.2) is 42.6 Å². The number of nitrogens with zero attached hydrogens (tertiary/aromatic N) is 1. The fourth-order valence-corrected chi connectivity index (χ4v) is 1.78.